The van der Waals surface area contributed by atoms with Crippen molar-refractivity contribution in [1.82, 2.24) is 0 Å². The minimum Gasteiger partial charge on any atom is -0.462 e. The molecule has 2 rings (SSSR count). The highest BCUT2D eigenvalue weighted by molar-refractivity contribution is 6.15. The van der Waals surface area contributed by atoms with E-state index in [2.05, 4.69) is 10.1 Å². The normalized spacial score (nSPS) is 16.0. The van der Waals surface area contributed by atoms with E-state index in [9.17, 15) is 23.2 Å². The zero-order valence-electron chi connectivity index (χ0n) is 13.6. The first kappa shape index (κ1) is 18.4. The van der Waals surface area contributed by atoms with Crippen LogP contribution in [0.2, 0.25) is 0 Å². The summed E-state index contributed by atoms with van der Waals surface area (Å²) in [5, 5.41) is 2.39. The Balaban J connectivity index is 2.23. The molecule has 1 aliphatic heterocycles. The van der Waals surface area contributed by atoms with Gasteiger partial charge in [0.25, 0.3) is 5.79 Å². The largest absolute Gasteiger partial charge is 0.462 e. The fraction of sp³-hybridized carbons (Fsp3) is 0.312. The van der Waals surface area contributed by atoms with Crippen molar-refractivity contribution in [1.29, 1.82) is 0 Å². The lowest BCUT2D eigenvalue weighted by molar-refractivity contribution is -0.222. The minimum absolute atomic E-state index is 0.0373. The van der Waals surface area contributed by atoms with Gasteiger partial charge < -0.3 is 19.5 Å². The fourth-order valence-corrected chi connectivity index (χ4v) is 1.99. The number of rotatable bonds is 4. The van der Waals surface area contributed by atoms with Crippen molar-refractivity contribution in [3.05, 3.63) is 41.1 Å². The number of ether oxygens (including phenoxy) is 3. The van der Waals surface area contributed by atoms with Gasteiger partial charge in [0.15, 0.2) is 5.57 Å². The van der Waals surface area contributed by atoms with Crippen LogP contribution in [-0.2, 0) is 23.8 Å². The molecule has 1 aromatic carbocycles. The summed E-state index contributed by atoms with van der Waals surface area (Å²) < 4.78 is 42.1. The number of esters is 3. The molecule has 9 heteroatoms. The van der Waals surface area contributed by atoms with Crippen LogP contribution < -0.4 is 5.32 Å². The van der Waals surface area contributed by atoms with Gasteiger partial charge in [0.2, 0.25) is 0 Å². The molecule has 0 bridgehead atoms. The quantitative estimate of drug-likeness (QED) is 0.503. The van der Waals surface area contributed by atoms with Gasteiger partial charge in [-0.1, -0.05) is 0 Å². The van der Waals surface area contributed by atoms with E-state index in [1.54, 1.807) is 0 Å². The Bertz CT molecular complexity index is 727. The number of nitrogens with one attached hydrogen (secondary N) is 1. The number of carbonyl (C=O) groups is 3. The van der Waals surface area contributed by atoms with E-state index in [0.29, 0.717) is 0 Å². The highest BCUT2D eigenvalue weighted by atomic mass is 19.1. The van der Waals surface area contributed by atoms with E-state index in [4.69, 9.17) is 9.47 Å². The average Bonchev–Trinajstić information content (AvgIpc) is 2.44. The fourth-order valence-electron chi connectivity index (χ4n) is 1.99. The van der Waals surface area contributed by atoms with E-state index in [-0.39, 0.29) is 12.3 Å². The maximum atomic E-state index is 13.9. The standard InChI is InChI=1S/C16H15F2NO6/c1-4-23-15(22)12-10(17)5-8(6-11(12)18)19-7-9-13(20)24-16(2,3)25-14(9)21/h5-7,19H,4H2,1-3H3. The van der Waals surface area contributed by atoms with Gasteiger partial charge in [0, 0.05) is 25.7 Å². The van der Waals surface area contributed by atoms with Gasteiger partial charge in [0.1, 0.15) is 17.2 Å². The molecule has 0 aliphatic carbocycles. The van der Waals surface area contributed by atoms with Gasteiger partial charge in [-0.25, -0.2) is 23.2 Å². The summed E-state index contributed by atoms with van der Waals surface area (Å²) in [5.74, 6) is -6.74. The summed E-state index contributed by atoms with van der Waals surface area (Å²) >= 11 is 0. The van der Waals surface area contributed by atoms with Crippen LogP contribution in [0, 0.1) is 11.6 Å². The molecule has 0 aromatic heterocycles. The molecule has 0 saturated carbocycles. The van der Waals surface area contributed by atoms with Crippen LogP contribution >= 0.6 is 0 Å². The summed E-state index contributed by atoms with van der Waals surface area (Å²) in [6, 6.07) is 1.63. The van der Waals surface area contributed by atoms with Gasteiger partial charge in [0.05, 0.1) is 6.61 Å². The predicted molar refractivity (Wildman–Crippen MR) is 80.3 cm³/mol. The van der Waals surface area contributed by atoms with Gasteiger partial charge in [-0.2, -0.15) is 0 Å². The van der Waals surface area contributed by atoms with Crippen molar-refractivity contribution in [2.45, 2.75) is 26.6 Å². The number of hydrogen-bond donors (Lipinski definition) is 1. The Morgan fingerprint density at radius 3 is 2.20 bits per heavy atom. The SMILES string of the molecule is CCOC(=O)c1c(F)cc(NC=C2C(=O)OC(C)(C)OC2=O)cc1F. The van der Waals surface area contributed by atoms with Crippen molar-refractivity contribution >= 4 is 23.6 Å². The van der Waals surface area contributed by atoms with Crippen molar-refractivity contribution in [3.8, 4) is 0 Å². The smallest absolute Gasteiger partial charge is 0.350 e. The molecule has 1 aliphatic rings. The van der Waals surface area contributed by atoms with Gasteiger partial charge in [-0.3, -0.25) is 0 Å². The molecule has 0 amide bonds. The number of hydrogen-bond acceptors (Lipinski definition) is 7. The topological polar surface area (TPSA) is 90.9 Å². The summed E-state index contributed by atoms with van der Waals surface area (Å²) in [6.45, 7) is 4.22. The minimum atomic E-state index is -1.40. The third-order valence-electron chi connectivity index (χ3n) is 3.02. The van der Waals surface area contributed by atoms with E-state index < -0.39 is 46.5 Å². The van der Waals surface area contributed by atoms with Crippen LogP contribution in [0.3, 0.4) is 0 Å². The van der Waals surface area contributed by atoms with E-state index >= 15 is 0 Å². The highest BCUT2D eigenvalue weighted by Crippen LogP contribution is 2.24. The maximum Gasteiger partial charge on any atom is 0.350 e. The molecule has 25 heavy (non-hydrogen) atoms. The third kappa shape index (κ3) is 4.11. The van der Waals surface area contributed by atoms with E-state index in [1.165, 1.54) is 20.8 Å². The number of benzene rings is 1. The predicted octanol–water partition coefficient (Wildman–Crippen LogP) is 2.27. The molecule has 0 atom stereocenters. The number of halogens is 2. The van der Waals surface area contributed by atoms with E-state index in [0.717, 1.165) is 18.3 Å². The number of carbonyl (C=O) groups excluding carboxylic acids is 3. The molecule has 1 N–H and O–H groups in total. The van der Waals surface area contributed by atoms with Crippen LogP contribution in [0.25, 0.3) is 0 Å². The Labute approximate surface area is 141 Å². The molecule has 1 fully saturated rings. The Morgan fingerprint density at radius 2 is 1.72 bits per heavy atom. The molecular formula is C16H15F2NO6. The molecule has 0 unspecified atom stereocenters. The van der Waals surface area contributed by atoms with Crippen molar-refractivity contribution in [2.75, 3.05) is 11.9 Å². The Kier molecular flexibility index (Phi) is 5.05. The average molecular weight is 355 g/mol. The lowest BCUT2D eigenvalue weighted by Crippen LogP contribution is -2.42. The lowest BCUT2D eigenvalue weighted by atomic mass is 10.1. The molecule has 7 nitrogen and oxygen atoms in total. The Morgan fingerprint density at radius 1 is 1.20 bits per heavy atom. The first-order valence-electron chi connectivity index (χ1n) is 7.24. The van der Waals surface area contributed by atoms with Crippen LogP contribution in [0.15, 0.2) is 23.9 Å². The van der Waals surface area contributed by atoms with Crippen LogP contribution in [0.4, 0.5) is 14.5 Å². The summed E-state index contributed by atoms with van der Waals surface area (Å²) in [7, 11) is 0. The van der Waals surface area contributed by atoms with Crippen molar-refractivity contribution in [3.63, 3.8) is 0 Å². The van der Waals surface area contributed by atoms with Crippen LogP contribution in [0.1, 0.15) is 31.1 Å². The van der Waals surface area contributed by atoms with Crippen LogP contribution in [0.5, 0.6) is 0 Å². The number of cyclic esters (lactones) is 2. The molecule has 134 valence electrons. The zero-order valence-corrected chi connectivity index (χ0v) is 13.6. The molecule has 0 radical (unpaired) electrons. The van der Waals surface area contributed by atoms with Crippen LogP contribution in [-0.4, -0.2) is 30.3 Å². The first-order chi connectivity index (χ1) is 11.6. The molecule has 1 aromatic rings. The second-order valence-corrected chi connectivity index (χ2v) is 5.42. The molecular weight excluding hydrogens is 340 g/mol. The molecule has 1 saturated heterocycles. The molecule has 1 heterocycles. The van der Waals surface area contributed by atoms with Crippen molar-refractivity contribution < 1.29 is 37.4 Å². The summed E-state index contributed by atoms with van der Waals surface area (Å²) in [4.78, 5) is 35.0. The second-order valence-electron chi connectivity index (χ2n) is 5.42. The van der Waals surface area contributed by atoms with Crippen molar-refractivity contribution in [2.24, 2.45) is 0 Å². The highest BCUT2D eigenvalue weighted by Gasteiger charge is 2.39. The Hall–Kier alpha value is -2.97. The van der Waals surface area contributed by atoms with Gasteiger partial charge >= 0.3 is 17.9 Å². The first-order valence-corrected chi connectivity index (χ1v) is 7.24. The summed E-state index contributed by atoms with van der Waals surface area (Å²) in [6.07, 6.45) is 0.901. The second kappa shape index (κ2) is 6.88. The van der Waals surface area contributed by atoms with E-state index in [1.807, 2.05) is 0 Å². The zero-order chi connectivity index (χ0) is 18.8. The lowest BCUT2D eigenvalue weighted by Gasteiger charge is -2.29. The van der Waals surface area contributed by atoms with Gasteiger partial charge in [-0.15, -0.1) is 0 Å². The van der Waals surface area contributed by atoms with Gasteiger partial charge in [-0.05, 0) is 19.1 Å². The third-order valence-corrected chi connectivity index (χ3v) is 3.02. The maximum absolute atomic E-state index is 13.9. The monoisotopic (exact) mass is 355 g/mol. The molecule has 0 spiro atoms. The summed E-state index contributed by atoms with van der Waals surface area (Å²) in [5.41, 5.74) is -1.45. The number of anilines is 1.